The van der Waals surface area contributed by atoms with Crippen molar-refractivity contribution in [3.05, 3.63) is 71.3 Å². The van der Waals surface area contributed by atoms with Gasteiger partial charge in [-0.15, -0.1) is 11.8 Å². The van der Waals surface area contributed by atoms with Gasteiger partial charge in [0.05, 0.1) is 0 Å². The third-order valence-electron chi connectivity index (χ3n) is 6.62. The molecule has 2 aliphatic rings. The molecule has 164 valence electrons. The predicted molar refractivity (Wildman–Crippen MR) is 129 cm³/mol. The lowest BCUT2D eigenvalue weighted by Gasteiger charge is -2.31. The Morgan fingerprint density at radius 2 is 1.77 bits per heavy atom. The summed E-state index contributed by atoms with van der Waals surface area (Å²) in [4.78, 5) is 14.6. The smallest absolute Gasteiger partial charge is 0.303 e. The van der Waals surface area contributed by atoms with Gasteiger partial charge in [0.2, 0.25) is 0 Å². The zero-order valence-electron chi connectivity index (χ0n) is 18.3. The molecule has 0 saturated carbocycles. The molecule has 0 aliphatic carbocycles. The van der Waals surface area contributed by atoms with E-state index in [4.69, 9.17) is 5.11 Å². The lowest BCUT2D eigenvalue weighted by atomic mass is 9.91. The van der Waals surface area contributed by atoms with Crippen LogP contribution in [0.5, 0.6) is 0 Å². The van der Waals surface area contributed by atoms with Crippen LogP contribution < -0.4 is 0 Å². The van der Waals surface area contributed by atoms with E-state index in [-0.39, 0.29) is 0 Å². The van der Waals surface area contributed by atoms with E-state index in [9.17, 15) is 4.79 Å². The maximum Gasteiger partial charge on any atom is 0.303 e. The number of likely N-dealkylation sites (tertiary alicyclic amines) is 1. The van der Waals surface area contributed by atoms with Crippen molar-refractivity contribution < 1.29 is 9.90 Å². The van der Waals surface area contributed by atoms with Crippen LogP contribution in [0.25, 0.3) is 5.57 Å². The van der Waals surface area contributed by atoms with E-state index >= 15 is 0 Å². The van der Waals surface area contributed by atoms with Gasteiger partial charge in [-0.3, -0.25) is 4.79 Å². The largest absolute Gasteiger partial charge is 0.481 e. The molecular weight excluding hydrogens is 402 g/mol. The van der Waals surface area contributed by atoms with Crippen LogP contribution in [0, 0.1) is 5.92 Å². The van der Waals surface area contributed by atoms with Crippen LogP contribution in [0.1, 0.15) is 61.6 Å². The minimum atomic E-state index is -0.665. The Labute approximate surface area is 190 Å². The molecule has 1 N–H and O–H groups in total. The van der Waals surface area contributed by atoms with E-state index in [0.29, 0.717) is 6.42 Å². The first-order chi connectivity index (χ1) is 15.2. The number of rotatable bonds is 8. The first-order valence-electron chi connectivity index (χ1n) is 11.7. The molecule has 1 saturated heterocycles. The quantitative estimate of drug-likeness (QED) is 0.482. The number of piperidine rings is 1. The highest BCUT2D eigenvalue weighted by Gasteiger charge is 2.20. The Hall–Kier alpha value is -2.04. The summed E-state index contributed by atoms with van der Waals surface area (Å²) < 4.78 is 0. The highest BCUT2D eigenvalue weighted by atomic mass is 32.2. The van der Waals surface area contributed by atoms with Gasteiger partial charge in [-0.25, -0.2) is 0 Å². The number of benzene rings is 2. The average molecular weight is 436 g/mol. The average Bonchev–Trinajstić information content (AvgIpc) is 2.95. The normalized spacial score (nSPS) is 18.4. The fourth-order valence-electron chi connectivity index (χ4n) is 4.84. The van der Waals surface area contributed by atoms with Gasteiger partial charge in [0.15, 0.2) is 0 Å². The fraction of sp³-hybridized carbons (Fsp3) is 0.444. The number of nitrogens with zero attached hydrogens (tertiary/aromatic N) is 1. The van der Waals surface area contributed by atoms with Gasteiger partial charge in [0, 0.05) is 23.6 Å². The minimum absolute atomic E-state index is 0.318. The maximum atomic E-state index is 10.7. The van der Waals surface area contributed by atoms with E-state index in [1.54, 1.807) is 0 Å². The zero-order valence-corrected chi connectivity index (χ0v) is 19.1. The Morgan fingerprint density at radius 3 is 2.58 bits per heavy atom. The third kappa shape index (κ3) is 6.02. The Balaban J connectivity index is 1.33. The number of aliphatic carboxylic acids is 1. The van der Waals surface area contributed by atoms with Gasteiger partial charge in [-0.05, 0) is 73.0 Å². The van der Waals surface area contributed by atoms with Crippen LogP contribution >= 0.6 is 11.8 Å². The van der Waals surface area contributed by atoms with E-state index in [0.717, 1.165) is 37.5 Å². The molecule has 2 heterocycles. The molecule has 0 unspecified atom stereocenters. The molecule has 2 aliphatic heterocycles. The van der Waals surface area contributed by atoms with Crippen molar-refractivity contribution in [1.29, 1.82) is 0 Å². The SMILES string of the molecule is O=C(O)CCCCC1CCN(CCC=C2c3ccccc3CSc3ccccc32)CC1. The summed E-state index contributed by atoms with van der Waals surface area (Å²) in [6.45, 7) is 3.47. The second-order valence-corrected chi connectivity index (χ2v) is 9.79. The number of hydrogen-bond donors (Lipinski definition) is 1. The topological polar surface area (TPSA) is 40.5 Å². The number of carbonyl (C=O) groups is 1. The van der Waals surface area contributed by atoms with Crippen LogP contribution in [-0.2, 0) is 10.5 Å². The van der Waals surface area contributed by atoms with Crippen molar-refractivity contribution >= 4 is 23.3 Å². The summed E-state index contributed by atoms with van der Waals surface area (Å²) in [6.07, 6.45) is 9.43. The molecule has 4 heteroatoms. The lowest BCUT2D eigenvalue weighted by molar-refractivity contribution is -0.137. The molecule has 4 rings (SSSR count). The molecule has 0 aromatic heterocycles. The molecule has 0 atom stereocenters. The van der Waals surface area contributed by atoms with Crippen molar-refractivity contribution in [3.8, 4) is 0 Å². The Bertz CT molecular complexity index is 865. The molecule has 2 aromatic rings. The number of fused-ring (bicyclic) bond motifs is 2. The lowest BCUT2D eigenvalue weighted by Crippen LogP contribution is -2.34. The molecular formula is C27H33NO2S. The minimum Gasteiger partial charge on any atom is -0.481 e. The van der Waals surface area contributed by atoms with Gasteiger partial charge in [0.25, 0.3) is 0 Å². The zero-order chi connectivity index (χ0) is 21.5. The van der Waals surface area contributed by atoms with E-state index in [1.807, 2.05) is 11.8 Å². The van der Waals surface area contributed by atoms with Crippen molar-refractivity contribution in [1.82, 2.24) is 4.90 Å². The second kappa shape index (κ2) is 11.0. The van der Waals surface area contributed by atoms with Crippen LogP contribution in [-0.4, -0.2) is 35.6 Å². The monoisotopic (exact) mass is 435 g/mol. The molecule has 2 aromatic carbocycles. The van der Waals surface area contributed by atoms with Gasteiger partial charge in [0.1, 0.15) is 0 Å². The summed E-state index contributed by atoms with van der Waals surface area (Å²) in [7, 11) is 0. The van der Waals surface area contributed by atoms with Crippen LogP contribution in [0.4, 0.5) is 0 Å². The van der Waals surface area contributed by atoms with Crippen LogP contribution in [0.15, 0.2) is 59.5 Å². The van der Waals surface area contributed by atoms with Crippen LogP contribution in [0.3, 0.4) is 0 Å². The molecule has 1 fully saturated rings. The Kier molecular flexibility index (Phi) is 7.87. The number of hydrogen-bond acceptors (Lipinski definition) is 3. The van der Waals surface area contributed by atoms with E-state index in [1.165, 1.54) is 59.5 Å². The maximum absolute atomic E-state index is 10.7. The first kappa shape index (κ1) is 22.2. The van der Waals surface area contributed by atoms with E-state index in [2.05, 4.69) is 59.5 Å². The van der Waals surface area contributed by atoms with Crippen molar-refractivity contribution in [2.75, 3.05) is 19.6 Å². The summed E-state index contributed by atoms with van der Waals surface area (Å²) in [5.41, 5.74) is 5.58. The van der Waals surface area contributed by atoms with Crippen LogP contribution in [0.2, 0.25) is 0 Å². The highest BCUT2D eigenvalue weighted by molar-refractivity contribution is 7.98. The van der Waals surface area contributed by atoms with Gasteiger partial charge in [-0.1, -0.05) is 61.4 Å². The van der Waals surface area contributed by atoms with Crippen molar-refractivity contribution in [3.63, 3.8) is 0 Å². The summed E-state index contributed by atoms with van der Waals surface area (Å²) in [6, 6.07) is 17.7. The number of carboxylic acid groups (broad SMARTS) is 1. The second-order valence-electron chi connectivity index (χ2n) is 8.77. The van der Waals surface area contributed by atoms with Gasteiger partial charge in [-0.2, -0.15) is 0 Å². The molecule has 31 heavy (non-hydrogen) atoms. The number of thioether (sulfide) groups is 1. The number of carboxylic acids is 1. The van der Waals surface area contributed by atoms with Gasteiger partial charge < -0.3 is 10.0 Å². The Morgan fingerprint density at radius 1 is 1.03 bits per heavy atom. The van der Waals surface area contributed by atoms with E-state index < -0.39 is 5.97 Å². The standard InChI is InChI=1S/C27H33NO2S/c29-27(30)14-6-1-8-21-15-18-28(19-16-21)17-7-12-24-23-10-3-2-9-22(23)20-31-26-13-5-4-11-25(24)26/h2-5,9-13,21H,1,6-8,14-20H2,(H,29,30). The summed E-state index contributed by atoms with van der Waals surface area (Å²) in [5.74, 6) is 1.15. The summed E-state index contributed by atoms with van der Waals surface area (Å²) in [5, 5.41) is 8.77. The molecule has 0 spiro atoms. The molecule has 3 nitrogen and oxygen atoms in total. The highest BCUT2D eigenvalue weighted by Crippen LogP contribution is 2.40. The molecule has 0 bridgehead atoms. The third-order valence-corrected chi connectivity index (χ3v) is 7.74. The summed E-state index contributed by atoms with van der Waals surface area (Å²) >= 11 is 1.94. The van der Waals surface area contributed by atoms with Gasteiger partial charge >= 0.3 is 5.97 Å². The first-order valence-corrected chi connectivity index (χ1v) is 12.6. The fourth-order valence-corrected chi connectivity index (χ4v) is 5.91. The predicted octanol–water partition coefficient (Wildman–Crippen LogP) is 6.47. The molecule has 0 amide bonds. The number of unbranched alkanes of at least 4 members (excludes halogenated alkanes) is 1. The van der Waals surface area contributed by atoms with Crippen molar-refractivity contribution in [2.45, 2.75) is 55.6 Å². The van der Waals surface area contributed by atoms with Crippen molar-refractivity contribution in [2.24, 2.45) is 5.92 Å². The molecule has 0 radical (unpaired) electrons.